The van der Waals surface area contributed by atoms with Gasteiger partial charge >= 0.3 is 8.25 Å². The minimum atomic E-state index is -2.25. The maximum atomic E-state index is 11.8. The molecule has 1 aromatic carbocycles. The Kier molecular flexibility index (Phi) is 5.81. The fourth-order valence-electron chi connectivity index (χ4n) is 2.69. The molecule has 3 rings (SSSR count). The number of hydrogen-bond donors (Lipinski definition) is 1. The number of hydrogen-bond acceptors (Lipinski definition) is 6. The molecule has 132 valence electrons. The Morgan fingerprint density at radius 2 is 2.12 bits per heavy atom. The smallest absolute Gasteiger partial charge is 0.366 e. The zero-order valence-electron chi connectivity index (χ0n) is 13.6. The van der Waals surface area contributed by atoms with E-state index in [-0.39, 0.29) is 18.9 Å². The van der Waals surface area contributed by atoms with Crippen LogP contribution < -0.4 is 10.3 Å². The molecule has 2 aliphatic heterocycles. The number of para-hydroxylation sites is 1. The first kappa shape index (κ1) is 17.6. The molecule has 7 nitrogen and oxygen atoms in total. The van der Waals surface area contributed by atoms with Gasteiger partial charge < -0.3 is 15.4 Å². The lowest BCUT2D eigenvalue weighted by Gasteiger charge is -2.26. The monoisotopic (exact) mass is 363 g/mol. The Morgan fingerprint density at radius 3 is 2.88 bits per heavy atom. The van der Waals surface area contributed by atoms with E-state index < -0.39 is 14.2 Å². The van der Waals surface area contributed by atoms with Gasteiger partial charge in [0.2, 0.25) is 5.91 Å². The summed E-state index contributed by atoms with van der Waals surface area (Å²) < 4.78 is 28.2. The average molecular weight is 363 g/mol. The molecule has 1 unspecified atom stereocenters. The van der Waals surface area contributed by atoms with Crippen molar-refractivity contribution in [2.75, 3.05) is 6.61 Å². The predicted octanol–water partition coefficient (Wildman–Crippen LogP) is 2.83. The second kappa shape index (κ2) is 8.25. The van der Waals surface area contributed by atoms with Gasteiger partial charge in [0.05, 0.1) is 6.10 Å². The summed E-state index contributed by atoms with van der Waals surface area (Å²) in [7, 11) is -2.25. The molecule has 1 aromatic rings. The molecule has 1 fully saturated rings. The van der Waals surface area contributed by atoms with Gasteiger partial charge in [0, 0.05) is 22.5 Å². The topological polar surface area (TPSA) is 91.1 Å². The molecule has 2 heterocycles. The van der Waals surface area contributed by atoms with Gasteiger partial charge in [0.15, 0.2) is 5.75 Å². The van der Waals surface area contributed by atoms with Crippen LogP contribution in [0.5, 0.6) is 5.75 Å². The Labute approximate surface area is 147 Å². The maximum absolute atomic E-state index is 11.8. The molecule has 0 saturated carbocycles. The number of nitrogens with zero attached hydrogens (tertiary/aromatic N) is 1. The van der Waals surface area contributed by atoms with Gasteiger partial charge in [-0.3, -0.25) is 4.79 Å². The number of carbonyl (C=O) groups excluding carboxylic acids is 1. The van der Waals surface area contributed by atoms with Crippen LogP contribution in [0, 0.1) is 0 Å². The minimum absolute atomic E-state index is 0.177. The second-order valence-corrected chi connectivity index (χ2v) is 6.66. The first-order chi connectivity index (χ1) is 12.1. The molecule has 0 aromatic heterocycles. The number of carbonyl (C=O) groups is 1. The highest BCUT2D eigenvalue weighted by Gasteiger charge is 2.33. The van der Waals surface area contributed by atoms with Gasteiger partial charge in [0.1, 0.15) is 12.8 Å². The SMILES string of the molecule is NC(=O)C1=CN([C@H]2CC[C@@H](CO[P+](=O)Oc3ccccc3)O2)C=CC1. The van der Waals surface area contributed by atoms with Crippen LogP contribution in [0.3, 0.4) is 0 Å². The van der Waals surface area contributed by atoms with E-state index in [1.807, 2.05) is 23.2 Å². The van der Waals surface area contributed by atoms with Crippen LogP contribution in [0.25, 0.3) is 0 Å². The van der Waals surface area contributed by atoms with Crippen LogP contribution in [-0.2, 0) is 18.6 Å². The molecule has 25 heavy (non-hydrogen) atoms. The van der Waals surface area contributed by atoms with Crippen LogP contribution in [0.1, 0.15) is 19.3 Å². The molecule has 1 amide bonds. The van der Waals surface area contributed by atoms with Crippen molar-refractivity contribution in [1.82, 2.24) is 4.90 Å². The molecule has 0 spiro atoms. The number of ether oxygens (including phenoxy) is 1. The third-order valence-electron chi connectivity index (χ3n) is 3.94. The third kappa shape index (κ3) is 4.89. The fraction of sp³-hybridized carbons (Fsp3) is 0.353. The Balaban J connectivity index is 1.45. The molecular weight excluding hydrogens is 343 g/mol. The van der Waals surface area contributed by atoms with Crippen molar-refractivity contribution in [2.24, 2.45) is 5.73 Å². The van der Waals surface area contributed by atoms with Crippen molar-refractivity contribution in [2.45, 2.75) is 31.6 Å². The summed E-state index contributed by atoms with van der Waals surface area (Å²) in [6, 6.07) is 8.86. The van der Waals surface area contributed by atoms with Gasteiger partial charge in [-0.1, -0.05) is 24.3 Å². The Bertz CT molecular complexity index is 692. The van der Waals surface area contributed by atoms with Gasteiger partial charge in [-0.25, -0.2) is 4.52 Å². The van der Waals surface area contributed by atoms with Crippen LogP contribution in [-0.4, -0.2) is 29.7 Å². The molecule has 2 aliphatic rings. The highest BCUT2D eigenvalue weighted by Crippen LogP contribution is 2.31. The van der Waals surface area contributed by atoms with Crippen LogP contribution in [0.15, 0.2) is 54.4 Å². The molecule has 0 aliphatic carbocycles. The van der Waals surface area contributed by atoms with Gasteiger partial charge in [-0.15, -0.1) is 4.52 Å². The quantitative estimate of drug-likeness (QED) is 0.749. The number of benzene rings is 1. The first-order valence-corrected chi connectivity index (χ1v) is 9.14. The second-order valence-electron chi connectivity index (χ2n) is 5.77. The van der Waals surface area contributed by atoms with E-state index in [1.165, 1.54) is 0 Å². The van der Waals surface area contributed by atoms with E-state index in [2.05, 4.69) is 0 Å². The highest BCUT2D eigenvalue weighted by atomic mass is 31.1. The summed E-state index contributed by atoms with van der Waals surface area (Å²) in [5, 5.41) is 0. The number of rotatable bonds is 7. The number of nitrogens with two attached hydrogens (primary N) is 1. The lowest BCUT2D eigenvalue weighted by Crippen LogP contribution is -2.30. The van der Waals surface area contributed by atoms with E-state index in [4.69, 9.17) is 19.5 Å². The summed E-state index contributed by atoms with van der Waals surface area (Å²) >= 11 is 0. The summed E-state index contributed by atoms with van der Waals surface area (Å²) in [5.41, 5.74) is 5.87. The highest BCUT2D eigenvalue weighted by molar-refractivity contribution is 7.33. The maximum Gasteiger partial charge on any atom is 0.750 e. The summed E-state index contributed by atoms with van der Waals surface area (Å²) in [6.07, 6.45) is 7.17. The van der Waals surface area contributed by atoms with Crippen molar-refractivity contribution >= 4 is 14.2 Å². The zero-order chi connectivity index (χ0) is 17.6. The first-order valence-electron chi connectivity index (χ1n) is 8.05. The van der Waals surface area contributed by atoms with E-state index in [1.54, 1.807) is 30.5 Å². The van der Waals surface area contributed by atoms with Crippen molar-refractivity contribution in [1.29, 1.82) is 0 Å². The fourth-order valence-corrected chi connectivity index (χ4v) is 3.32. The predicted molar refractivity (Wildman–Crippen MR) is 91.4 cm³/mol. The summed E-state index contributed by atoms with van der Waals surface area (Å²) in [6.45, 7) is 0.183. The zero-order valence-corrected chi connectivity index (χ0v) is 14.5. The van der Waals surface area contributed by atoms with E-state index in [9.17, 15) is 9.36 Å². The van der Waals surface area contributed by atoms with Crippen LogP contribution >= 0.6 is 8.25 Å². The van der Waals surface area contributed by atoms with Crippen molar-refractivity contribution < 1.29 is 23.1 Å². The Hall–Kier alpha value is -2.21. The van der Waals surface area contributed by atoms with Gasteiger partial charge in [-0.05, 0) is 31.4 Å². The van der Waals surface area contributed by atoms with Crippen LogP contribution in [0.4, 0.5) is 0 Å². The number of allylic oxidation sites excluding steroid dienone is 1. The molecular formula is C17H20N2O5P+. The molecule has 2 N–H and O–H groups in total. The summed E-state index contributed by atoms with van der Waals surface area (Å²) in [5.74, 6) is 0.0682. The molecule has 0 radical (unpaired) electrons. The molecule has 3 atom stereocenters. The molecule has 0 bridgehead atoms. The average Bonchev–Trinajstić information content (AvgIpc) is 3.10. The Morgan fingerprint density at radius 1 is 1.32 bits per heavy atom. The van der Waals surface area contributed by atoms with Crippen molar-refractivity contribution in [3.8, 4) is 5.75 Å². The molecule has 8 heteroatoms. The van der Waals surface area contributed by atoms with Crippen molar-refractivity contribution in [3.05, 3.63) is 54.4 Å². The lowest BCUT2D eigenvalue weighted by atomic mass is 10.1. The largest absolute Gasteiger partial charge is 0.750 e. The van der Waals surface area contributed by atoms with E-state index >= 15 is 0 Å². The standard InChI is InChI=1S/C17H19N2O5P/c18-17(20)13-5-4-10-19(11-13)16-9-8-15(23-16)12-22-25(21)24-14-6-2-1-3-7-14/h1-4,6-7,10-11,15-16H,5,8-9,12H2,(H-,18,20)/p+1/t15-,16+/m0/s1. The van der Waals surface area contributed by atoms with Crippen molar-refractivity contribution in [3.63, 3.8) is 0 Å². The van der Waals surface area contributed by atoms with Gasteiger partial charge in [0.25, 0.3) is 0 Å². The normalized spacial score (nSPS) is 23.3. The van der Waals surface area contributed by atoms with E-state index in [0.717, 1.165) is 12.8 Å². The summed E-state index contributed by atoms with van der Waals surface area (Å²) in [4.78, 5) is 13.1. The minimum Gasteiger partial charge on any atom is -0.366 e. The third-order valence-corrected chi connectivity index (χ3v) is 4.66. The van der Waals surface area contributed by atoms with E-state index in [0.29, 0.717) is 17.7 Å². The van der Waals surface area contributed by atoms with Gasteiger partial charge in [-0.2, -0.15) is 0 Å². The number of primary amides is 1. The molecule has 1 saturated heterocycles. The number of amides is 1. The lowest BCUT2D eigenvalue weighted by molar-refractivity contribution is -0.114. The van der Waals surface area contributed by atoms with Crippen LogP contribution in [0.2, 0.25) is 0 Å².